The quantitative estimate of drug-likeness (QED) is 0.683. The average Bonchev–Trinajstić information content (AvgIpc) is 2.70. The molecule has 2 aromatic heterocycles. The van der Waals surface area contributed by atoms with Crippen LogP contribution in [0.1, 0.15) is 0 Å². The largest absolute Gasteiger partial charge is 0.459 e. The van der Waals surface area contributed by atoms with Gasteiger partial charge in [0.1, 0.15) is 13.2 Å². The molecule has 21 heavy (non-hydrogen) atoms. The fourth-order valence-electron chi connectivity index (χ4n) is 2.04. The second kappa shape index (κ2) is 5.03. The van der Waals surface area contributed by atoms with Gasteiger partial charge in [0.2, 0.25) is 0 Å². The molecule has 0 aromatic carbocycles. The molecule has 0 unspecified atom stereocenters. The zero-order valence-corrected chi connectivity index (χ0v) is 13.4. The minimum absolute atomic E-state index is 0.339. The molecule has 0 atom stereocenters. The molecule has 0 N–H and O–H groups in total. The summed E-state index contributed by atoms with van der Waals surface area (Å²) >= 11 is 0. The number of rotatable bonds is 4. The van der Waals surface area contributed by atoms with Crippen LogP contribution < -0.4 is 16.0 Å². The summed E-state index contributed by atoms with van der Waals surface area (Å²) in [5, 5.41) is 0. The van der Waals surface area contributed by atoms with E-state index in [2.05, 4.69) is 26.1 Å². The van der Waals surface area contributed by atoms with Gasteiger partial charge in [0.25, 0.3) is 11.6 Å². The van der Waals surface area contributed by atoms with Gasteiger partial charge in [0.05, 0.1) is 21.1 Å². The number of fused-ring (bicyclic) bond motifs is 1. The van der Waals surface area contributed by atoms with Gasteiger partial charge in [-0.05, 0) is 0 Å². The lowest BCUT2D eigenvalue weighted by Gasteiger charge is -2.23. The van der Waals surface area contributed by atoms with E-state index in [1.807, 2.05) is 0 Å². The third-order valence-electron chi connectivity index (χ3n) is 3.43. The van der Waals surface area contributed by atoms with Crippen molar-refractivity contribution in [3.8, 4) is 6.01 Å². The normalized spacial score (nSPS) is 12.1. The Hall–Kier alpha value is -2.09. The standard InChI is InChI=1S/C13H22N5O3/c1-15-9-10(16(2)13(20)17(3)11(9)19)14-12(15)21-8-7-18(4,5)6/h7-8H2,1-6H3/q+1. The van der Waals surface area contributed by atoms with E-state index < -0.39 is 5.69 Å². The summed E-state index contributed by atoms with van der Waals surface area (Å²) in [5.41, 5.74) is -0.0706. The summed E-state index contributed by atoms with van der Waals surface area (Å²) in [7, 11) is 11.0. The molecule has 0 saturated heterocycles. The van der Waals surface area contributed by atoms with Gasteiger partial charge in [-0.2, -0.15) is 4.98 Å². The van der Waals surface area contributed by atoms with Gasteiger partial charge in [-0.15, -0.1) is 0 Å². The van der Waals surface area contributed by atoms with Crippen molar-refractivity contribution in [2.75, 3.05) is 34.3 Å². The van der Waals surface area contributed by atoms with Crippen molar-refractivity contribution < 1.29 is 9.22 Å². The van der Waals surface area contributed by atoms with Crippen LogP contribution in [-0.2, 0) is 21.1 Å². The highest BCUT2D eigenvalue weighted by Crippen LogP contribution is 2.15. The predicted molar refractivity (Wildman–Crippen MR) is 79.6 cm³/mol. The fourth-order valence-corrected chi connectivity index (χ4v) is 2.04. The van der Waals surface area contributed by atoms with Crippen molar-refractivity contribution in [3.63, 3.8) is 0 Å². The lowest BCUT2D eigenvalue weighted by atomic mass is 10.5. The van der Waals surface area contributed by atoms with Crippen molar-refractivity contribution in [2.24, 2.45) is 21.1 Å². The first-order valence-corrected chi connectivity index (χ1v) is 6.69. The Morgan fingerprint density at radius 3 is 2.24 bits per heavy atom. The minimum atomic E-state index is -0.400. The van der Waals surface area contributed by atoms with Gasteiger partial charge in [-0.3, -0.25) is 18.5 Å². The highest BCUT2D eigenvalue weighted by atomic mass is 16.5. The molecule has 0 fully saturated rings. The molecule has 116 valence electrons. The number of nitrogens with zero attached hydrogens (tertiary/aromatic N) is 5. The number of imidazole rings is 1. The predicted octanol–water partition coefficient (Wildman–Crippen LogP) is -0.944. The van der Waals surface area contributed by atoms with Crippen molar-refractivity contribution in [1.82, 2.24) is 18.7 Å². The summed E-state index contributed by atoms with van der Waals surface area (Å²) in [6.07, 6.45) is 0. The maximum atomic E-state index is 12.2. The summed E-state index contributed by atoms with van der Waals surface area (Å²) in [6.45, 7) is 1.29. The summed E-state index contributed by atoms with van der Waals surface area (Å²) in [4.78, 5) is 28.4. The summed E-state index contributed by atoms with van der Waals surface area (Å²) < 4.78 is 10.4. The molecule has 2 aromatic rings. The monoisotopic (exact) mass is 296 g/mol. The molecule has 0 spiro atoms. The molecule has 0 aliphatic rings. The van der Waals surface area contributed by atoms with Crippen LogP contribution in [0, 0.1) is 0 Å². The lowest BCUT2D eigenvalue weighted by molar-refractivity contribution is -0.870. The van der Waals surface area contributed by atoms with Crippen molar-refractivity contribution in [1.29, 1.82) is 0 Å². The van der Waals surface area contributed by atoms with E-state index >= 15 is 0 Å². The summed E-state index contributed by atoms with van der Waals surface area (Å²) in [5.74, 6) is 0. The Labute approximate surface area is 122 Å². The zero-order valence-electron chi connectivity index (χ0n) is 13.4. The molecule has 0 saturated carbocycles. The Bertz CT molecular complexity index is 791. The number of hydrogen-bond acceptors (Lipinski definition) is 4. The first-order valence-electron chi connectivity index (χ1n) is 6.69. The van der Waals surface area contributed by atoms with Crippen LogP contribution in [0.3, 0.4) is 0 Å². The maximum absolute atomic E-state index is 12.2. The molecule has 8 heteroatoms. The number of quaternary nitrogens is 1. The topological polar surface area (TPSA) is 71.1 Å². The molecular formula is C13H22N5O3+. The van der Waals surface area contributed by atoms with E-state index in [1.54, 1.807) is 18.7 Å². The molecular weight excluding hydrogens is 274 g/mol. The van der Waals surface area contributed by atoms with E-state index in [9.17, 15) is 9.59 Å². The summed E-state index contributed by atoms with van der Waals surface area (Å²) in [6, 6.07) is 0.344. The van der Waals surface area contributed by atoms with E-state index in [0.717, 1.165) is 15.6 Å². The zero-order chi connectivity index (χ0) is 15.9. The van der Waals surface area contributed by atoms with Crippen molar-refractivity contribution >= 4 is 11.2 Å². The number of hydrogen-bond donors (Lipinski definition) is 0. The second-order valence-electron chi connectivity index (χ2n) is 6.19. The Morgan fingerprint density at radius 1 is 1.05 bits per heavy atom. The molecule has 0 aliphatic carbocycles. The van der Waals surface area contributed by atoms with Gasteiger partial charge < -0.3 is 9.22 Å². The third kappa shape index (κ3) is 2.71. The average molecular weight is 296 g/mol. The molecule has 8 nitrogen and oxygen atoms in total. The van der Waals surface area contributed by atoms with Crippen LogP contribution in [0.25, 0.3) is 11.2 Å². The minimum Gasteiger partial charge on any atom is -0.459 e. The number of likely N-dealkylation sites (N-methyl/N-ethyl adjacent to an activating group) is 1. The van der Waals surface area contributed by atoms with Gasteiger partial charge in [0.15, 0.2) is 11.2 Å². The number of aryl methyl sites for hydroxylation is 2. The molecule has 2 heterocycles. The van der Waals surface area contributed by atoms with E-state index in [-0.39, 0.29) is 5.56 Å². The first kappa shape index (κ1) is 15.3. The molecule has 0 aliphatic heterocycles. The molecule has 0 bridgehead atoms. The SMILES string of the molecule is Cn1c(=O)c2c(nc(OCC[N+](C)(C)C)n2C)n(C)c1=O. The Kier molecular flexibility index (Phi) is 3.66. The van der Waals surface area contributed by atoms with Gasteiger partial charge in [-0.25, -0.2) is 4.79 Å². The maximum Gasteiger partial charge on any atom is 0.332 e. The molecule has 0 radical (unpaired) electrons. The van der Waals surface area contributed by atoms with Gasteiger partial charge >= 0.3 is 5.69 Å². The van der Waals surface area contributed by atoms with Gasteiger partial charge in [-0.1, -0.05) is 0 Å². The highest BCUT2D eigenvalue weighted by molar-refractivity contribution is 5.71. The van der Waals surface area contributed by atoms with Crippen LogP contribution in [-0.4, -0.2) is 57.5 Å². The fraction of sp³-hybridized carbons (Fsp3) is 0.615. The first-order chi connectivity index (χ1) is 9.63. The van der Waals surface area contributed by atoms with E-state index in [1.165, 1.54) is 11.6 Å². The van der Waals surface area contributed by atoms with Crippen molar-refractivity contribution in [3.05, 3.63) is 20.8 Å². The number of aromatic nitrogens is 4. The van der Waals surface area contributed by atoms with Crippen LogP contribution in [0.15, 0.2) is 9.59 Å². The Balaban J connectivity index is 2.47. The van der Waals surface area contributed by atoms with Crippen LogP contribution in [0.4, 0.5) is 0 Å². The second-order valence-corrected chi connectivity index (χ2v) is 6.19. The van der Waals surface area contributed by atoms with Crippen LogP contribution >= 0.6 is 0 Å². The molecule has 0 amide bonds. The van der Waals surface area contributed by atoms with E-state index in [0.29, 0.717) is 23.8 Å². The van der Waals surface area contributed by atoms with Crippen LogP contribution in [0.5, 0.6) is 6.01 Å². The lowest BCUT2D eigenvalue weighted by Crippen LogP contribution is -2.38. The third-order valence-corrected chi connectivity index (χ3v) is 3.43. The Morgan fingerprint density at radius 2 is 1.67 bits per heavy atom. The highest BCUT2D eigenvalue weighted by Gasteiger charge is 2.18. The number of ether oxygens (including phenoxy) is 1. The van der Waals surface area contributed by atoms with Gasteiger partial charge in [0, 0.05) is 21.1 Å². The van der Waals surface area contributed by atoms with Crippen LogP contribution in [0.2, 0.25) is 0 Å². The van der Waals surface area contributed by atoms with E-state index in [4.69, 9.17) is 4.74 Å². The molecule has 2 rings (SSSR count). The smallest absolute Gasteiger partial charge is 0.332 e. The van der Waals surface area contributed by atoms with Crippen molar-refractivity contribution in [2.45, 2.75) is 0 Å².